The third kappa shape index (κ3) is 3.08. The smallest absolute Gasteiger partial charge is 0.233 e. The Balaban J connectivity index is 1.93. The highest BCUT2D eigenvalue weighted by Gasteiger charge is 2.59. The van der Waals surface area contributed by atoms with E-state index in [1.54, 1.807) is 19.0 Å². The number of para-hydroxylation sites is 1. The minimum absolute atomic E-state index is 0.0254. The van der Waals surface area contributed by atoms with Crippen molar-refractivity contribution in [2.75, 3.05) is 25.6 Å². The van der Waals surface area contributed by atoms with Crippen molar-refractivity contribution in [2.45, 2.75) is 32.5 Å². The predicted octanol–water partition coefficient (Wildman–Crippen LogP) is 3.64. The molecule has 0 spiro atoms. The third-order valence-corrected chi connectivity index (χ3v) is 6.06. The van der Waals surface area contributed by atoms with Gasteiger partial charge in [-0.25, -0.2) is 0 Å². The zero-order chi connectivity index (χ0) is 21.6. The first kappa shape index (κ1) is 20.5. The number of benzene rings is 2. The van der Waals surface area contributed by atoms with Gasteiger partial charge in [0, 0.05) is 25.3 Å². The highest BCUT2D eigenvalue weighted by Crippen LogP contribution is 2.52. The molecule has 0 aromatic heterocycles. The van der Waals surface area contributed by atoms with Gasteiger partial charge in [-0.1, -0.05) is 24.3 Å². The molecule has 2 aliphatic rings. The standard InChI is InChI=1S/C23H27N3O3S/c1-6-28-17-12-8-11-16-19-18(21(27)25(4)5)23(3,29-20(16)17)26(22(30)24-19)15-10-7-9-14(2)13-15/h7-13,18-19H,6H2,1-5H3,(H,24,30)/t18-,19+,23+/m1/s1. The van der Waals surface area contributed by atoms with Gasteiger partial charge in [-0.3, -0.25) is 9.69 Å². The SMILES string of the molecule is CCOc1cccc2c1O[C@@]1(C)[C@@H](C(=O)N(C)C)[C@H]2NC(=S)N1c1cccc(C)c1. The average Bonchev–Trinajstić information content (AvgIpc) is 2.68. The van der Waals surface area contributed by atoms with Gasteiger partial charge in [-0.05, 0) is 56.8 Å². The van der Waals surface area contributed by atoms with E-state index in [-0.39, 0.29) is 11.9 Å². The molecule has 1 saturated heterocycles. The van der Waals surface area contributed by atoms with E-state index in [1.807, 2.05) is 68.1 Å². The topological polar surface area (TPSA) is 54.0 Å². The molecule has 0 unspecified atom stereocenters. The molecule has 158 valence electrons. The average molecular weight is 426 g/mol. The highest BCUT2D eigenvalue weighted by molar-refractivity contribution is 7.80. The lowest BCUT2D eigenvalue weighted by Crippen LogP contribution is -2.72. The van der Waals surface area contributed by atoms with Gasteiger partial charge >= 0.3 is 0 Å². The van der Waals surface area contributed by atoms with Crippen molar-refractivity contribution < 1.29 is 14.3 Å². The molecule has 0 radical (unpaired) electrons. The maximum Gasteiger partial charge on any atom is 0.233 e. The summed E-state index contributed by atoms with van der Waals surface area (Å²) in [5.74, 6) is 0.787. The summed E-state index contributed by atoms with van der Waals surface area (Å²) in [6, 6.07) is 13.5. The van der Waals surface area contributed by atoms with Gasteiger partial charge in [-0.15, -0.1) is 0 Å². The molecular formula is C23H27N3O3S. The van der Waals surface area contributed by atoms with E-state index in [2.05, 4.69) is 5.32 Å². The molecule has 6 nitrogen and oxygen atoms in total. The van der Waals surface area contributed by atoms with Crippen LogP contribution in [-0.2, 0) is 4.79 Å². The van der Waals surface area contributed by atoms with Crippen LogP contribution in [0.3, 0.4) is 0 Å². The van der Waals surface area contributed by atoms with Gasteiger partial charge in [0.25, 0.3) is 0 Å². The predicted molar refractivity (Wildman–Crippen MR) is 121 cm³/mol. The highest BCUT2D eigenvalue weighted by atomic mass is 32.1. The lowest BCUT2D eigenvalue weighted by Gasteiger charge is -2.56. The lowest BCUT2D eigenvalue weighted by atomic mass is 9.78. The molecule has 30 heavy (non-hydrogen) atoms. The van der Waals surface area contributed by atoms with Crippen molar-refractivity contribution in [2.24, 2.45) is 5.92 Å². The van der Waals surface area contributed by atoms with Crippen molar-refractivity contribution >= 4 is 28.9 Å². The summed E-state index contributed by atoms with van der Waals surface area (Å²) >= 11 is 5.78. The number of nitrogens with one attached hydrogen (secondary N) is 1. The van der Waals surface area contributed by atoms with Crippen molar-refractivity contribution in [1.82, 2.24) is 10.2 Å². The number of hydrogen-bond donors (Lipinski definition) is 1. The molecule has 2 aromatic rings. The molecule has 4 rings (SSSR count). The summed E-state index contributed by atoms with van der Waals surface area (Å²) < 4.78 is 12.5. The number of ether oxygens (including phenoxy) is 2. The molecule has 2 bridgehead atoms. The number of carbonyl (C=O) groups is 1. The number of aryl methyl sites for hydroxylation is 1. The van der Waals surface area contributed by atoms with Crippen LogP contribution in [0.25, 0.3) is 0 Å². The van der Waals surface area contributed by atoms with Crippen LogP contribution in [0.5, 0.6) is 11.5 Å². The molecule has 2 heterocycles. The fraction of sp³-hybridized carbons (Fsp3) is 0.391. The second kappa shape index (κ2) is 7.47. The Morgan fingerprint density at radius 3 is 2.70 bits per heavy atom. The van der Waals surface area contributed by atoms with E-state index in [9.17, 15) is 4.79 Å². The van der Waals surface area contributed by atoms with E-state index in [0.717, 1.165) is 16.8 Å². The van der Waals surface area contributed by atoms with Crippen molar-refractivity contribution in [3.8, 4) is 11.5 Å². The van der Waals surface area contributed by atoms with E-state index in [0.29, 0.717) is 23.2 Å². The molecule has 0 saturated carbocycles. The number of fused-ring (bicyclic) bond motifs is 4. The Bertz CT molecular complexity index is 1010. The number of anilines is 1. The summed E-state index contributed by atoms with van der Waals surface area (Å²) in [6.45, 7) is 6.43. The second-order valence-electron chi connectivity index (χ2n) is 8.08. The molecule has 7 heteroatoms. The maximum atomic E-state index is 13.4. The van der Waals surface area contributed by atoms with Crippen LogP contribution >= 0.6 is 12.2 Å². The molecule has 2 aromatic carbocycles. The number of hydrogen-bond acceptors (Lipinski definition) is 4. The van der Waals surface area contributed by atoms with Gasteiger partial charge in [-0.2, -0.15) is 0 Å². The van der Waals surface area contributed by atoms with Crippen molar-refractivity contribution in [3.05, 3.63) is 53.6 Å². The molecule has 2 aliphatic heterocycles. The minimum atomic E-state index is -1.03. The summed E-state index contributed by atoms with van der Waals surface area (Å²) in [5.41, 5.74) is 1.83. The Labute approximate surface area is 182 Å². The Morgan fingerprint density at radius 1 is 1.30 bits per heavy atom. The van der Waals surface area contributed by atoms with Gasteiger partial charge in [0.2, 0.25) is 5.91 Å². The van der Waals surface area contributed by atoms with Crippen LogP contribution in [0.15, 0.2) is 42.5 Å². The van der Waals surface area contributed by atoms with Gasteiger partial charge in [0.15, 0.2) is 22.3 Å². The summed E-state index contributed by atoms with van der Waals surface area (Å²) in [6.07, 6.45) is 0. The van der Waals surface area contributed by atoms with Crippen LogP contribution in [0.1, 0.15) is 31.0 Å². The third-order valence-electron chi connectivity index (χ3n) is 5.76. The van der Waals surface area contributed by atoms with Crippen LogP contribution in [0.2, 0.25) is 0 Å². The van der Waals surface area contributed by atoms with Gasteiger partial charge in [0.05, 0.1) is 12.6 Å². The van der Waals surface area contributed by atoms with Gasteiger partial charge in [0.1, 0.15) is 5.92 Å². The monoisotopic (exact) mass is 425 g/mol. The van der Waals surface area contributed by atoms with E-state index in [1.165, 1.54) is 0 Å². The first-order valence-electron chi connectivity index (χ1n) is 10.1. The Hall–Kier alpha value is -2.80. The summed E-state index contributed by atoms with van der Waals surface area (Å²) in [7, 11) is 3.53. The Morgan fingerprint density at radius 2 is 2.03 bits per heavy atom. The maximum absolute atomic E-state index is 13.4. The number of carbonyl (C=O) groups excluding carboxylic acids is 1. The van der Waals surface area contributed by atoms with Crippen molar-refractivity contribution in [1.29, 1.82) is 0 Å². The summed E-state index contributed by atoms with van der Waals surface area (Å²) in [4.78, 5) is 16.9. The normalized spacial score (nSPS) is 24.4. The fourth-order valence-electron chi connectivity index (χ4n) is 4.45. The largest absolute Gasteiger partial charge is 0.490 e. The van der Waals surface area contributed by atoms with Crippen LogP contribution in [0, 0.1) is 12.8 Å². The molecule has 1 fully saturated rings. The Kier molecular flexibility index (Phi) is 5.10. The van der Waals surface area contributed by atoms with Gasteiger partial charge < -0.3 is 19.7 Å². The van der Waals surface area contributed by atoms with Crippen molar-refractivity contribution in [3.63, 3.8) is 0 Å². The second-order valence-corrected chi connectivity index (χ2v) is 8.46. The van der Waals surface area contributed by atoms with Crippen LogP contribution < -0.4 is 19.7 Å². The zero-order valence-corrected chi connectivity index (χ0v) is 18.7. The number of rotatable bonds is 4. The van der Waals surface area contributed by atoms with E-state index < -0.39 is 11.6 Å². The molecule has 3 atom stereocenters. The number of thiocarbonyl (C=S) groups is 1. The fourth-order valence-corrected chi connectivity index (χ4v) is 4.86. The molecule has 1 amide bonds. The lowest BCUT2D eigenvalue weighted by molar-refractivity contribution is -0.144. The zero-order valence-electron chi connectivity index (χ0n) is 17.9. The first-order valence-corrected chi connectivity index (χ1v) is 10.5. The van der Waals surface area contributed by atoms with E-state index >= 15 is 0 Å². The summed E-state index contributed by atoms with van der Waals surface area (Å²) in [5, 5.41) is 3.96. The van der Waals surface area contributed by atoms with E-state index in [4.69, 9.17) is 21.7 Å². The quantitative estimate of drug-likeness (QED) is 0.755. The molecular weight excluding hydrogens is 398 g/mol. The van der Waals surface area contributed by atoms with Crippen LogP contribution in [-0.4, -0.2) is 42.3 Å². The number of nitrogens with zero attached hydrogens (tertiary/aromatic N) is 2. The molecule has 0 aliphatic carbocycles. The molecule has 1 N–H and O–H groups in total. The minimum Gasteiger partial charge on any atom is -0.490 e. The first-order chi connectivity index (χ1) is 14.3. The van der Waals surface area contributed by atoms with Crippen LogP contribution in [0.4, 0.5) is 5.69 Å². The number of amides is 1.